The van der Waals surface area contributed by atoms with E-state index in [1.165, 1.54) is 40.7 Å². The summed E-state index contributed by atoms with van der Waals surface area (Å²) in [5.41, 5.74) is 2.66. The van der Waals surface area contributed by atoms with Crippen molar-refractivity contribution in [1.82, 2.24) is 9.97 Å². The summed E-state index contributed by atoms with van der Waals surface area (Å²) in [7, 11) is 0. The molecule has 0 amide bonds. The van der Waals surface area contributed by atoms with Crippen molar-refractivity contribution in [3.8, 4) is 0 Å². The fraction of sp³-hybridized carbons (Fsp3) is 0.294. The Bertz CT molecular complexity index is 811. The van der Waals surface area contributed by atoms with Crippen LogP contribution in [-0.4, -0.2) is 9.97 Å². The molecule has 4 rings (SSSR count). The van der Waals surface area contributed by atoms with Gasteiger partial charge in [-0.1, -0.05) is 23.7 Å². The van der Waals surface area contributed by atoms with E-state index in [-0.39, 0.29) is 0 Å². The third-order valence-corrected chi connectivity index (χ3v) is 5.58. The average Bonchev–Trinajstić information content (AvgIpc) is 2.93. The van der Waals surface area contributed by atoms with Gasteiger partial charge in [0.2, 0.25) is 0 Å². The van der Waals surface area contributed by atoms with Crippen LogP contribution in [-0.2, 0) is 19.4 Å². The van der Waals surface area contributed by atoms with Gasteiger partial charge in [0, 0.05) is 16.4 Å². The van der Waals surface area contributed by atoms with Crippen molar-refractivity contribution in [2.45, 2.75) is 32.2 Å². The second-order valence-corrected chi connectivity index (χ2v) is 7.11. The molecule has 1 aliphatic rings. The highest BCUT2D eigenvalue weighted by Crippen LogP contribution is 2.38. The first-order valence-electron chi connectivity index (χ1n) is 7.55. The van der Waals surface area contributed by atoms with E-state index in [0.717, 1.165) is 28.6 Å². The van der Waals surface area contributed by atoms with Gasteiger partial charge in [-0.05, 0) is 48.9 Å². The summed E-state index contributed by atoms with van der Waals surface area (Å²) < 4.78 is 0. The van der Waals surface area contributed by atoms with Gasteiger partial charge in [0.05, 0.1) is 5.39 Å². The molecule has 0 unspecified atom stereocenters. The van der Waals surface area contributed by atoms with Gasteiger partial charge in [-0.2, -0.15) is 0 Å². The Balaban J connectivity index is 1.66. The smallest absolute Gasteiger partial charge is 0.138 e. The lowest BCUT2D eigenvalue weighted by Gasteiger charge is -2.12. The van der Waals surface area contributed by atoms with Gasteiger partial charge in [0.15, 0.2) is 0 Å². The van der Waals surface area contributed by atoms with E-state index in [1.807, 2.05) is 35.6 Å². The fourth-order valence-electron chi connectivity index (χ4n) is 3.01. The molecule has 1 N–H and O–H groups in total. The van der Waals surface area contributed by atoms with Crippen molar-refractivity contribution in [2.75, 3.05) is 5.32 Å². The third kappa shape index (κ3) is 2.57. The molecule has 112 valence electrons. The number of benzene rings is 1. The highest BCUT2D eigenvalue weighted by atomic mass is 35.5. The van der Waals surface area contributed by atoms with Crippen LogP contribution >= 0.6 is 22.9 Å². The molecule has 0 spiro atoms. The van der Waals surface area contributed by atoms with Crippen molar-refractivity contribution >= 4 is 39.0 Å². The summed E-state index contributed by atoms with van der Waals surface area (Å²) >= 11 is 7.76. The molecule has 0 atom stereocenters. The van der Waals surface area contributed by atoms with E-state index in [1.54, 1.807) is 6.33 Å². The maximum absolute atomic E-state index is 5.93. The molecular weight excluding hydrogens is 314 g/mol. The predicted octanol–water partition coefficient (Wildman–Crippen LogP) is 4.84. The average molecular weight is 330 g/mol. The number of rotatable bonds is 3. The minimum atomic E-state index is 0.744. The van der Waals surface area contributed by atoms with Crippen LogP contribution in [0.2, 0.25) is 5.02 Å². The molecule has 0 aliphatic heterocycles. The van der Waals surface area contributed by atoms with E-state index < -0.39 is 0 Å². The van der Waals surface area contributed by atoms with Crippen LogP contribution in [0.15, 0.2) is 30.6 Å². The molecule has 5 heteroatoms. The number of fused-ring (bicyclic) bond motifs is 3. The molecule has 2 aromatic heterocycles. The van der Waals surface area contributed by atoms with Crippen LogP contribution in [0, 0.1) is 0 Å². The van der Waals surface area contributed by atoms with Crippen LogP contribution in [0.5, 0.6) is 0 Å². The van der Waals surface area contributed by atoms with Gasteiger partial charge in [0.25, 0.3) is 0 Å². The van der Waals surface area contributed by atoms with E-state index in [0.29, 0.717) is 0 Å². The normalized spacial score (nSPS) is 14.0. The molecular formula is C17H16ClN3S. The number of hydrogen-bond donors (Lipinski definition) is 1. The Labute approximate surface area is 138 Å². The van der Waals surface area contributed by atoms with Gasteiger partial charge < -0.3 is 5.32 Å². The molecule has 0 saturated carbocycles. The van der Waals surface area contributed by atoms with Crippen molar-refractivity contribution in [2.24, 2.45) is 0 Å². The van der Waals surface area contributed by atoms with Gasteiger partial charge in [-0.25, -0.2) is 9.97 Å². The summed E-state index contributed by atoms with van der Waals surface area (Å²) in [4.78, 5) is 11.5. The Morgan fingerprint density at radius 3 is 2.77 bits per heavy atom. The van der Waals surface area contributed by atoms with Crippen LogP contribution in [0.4, 0.5) is 5.82 Å². The first-order chi connectivity index (χ1) is 10.8. The Morgan fingerprint density at radius 1 is 1.09 bits per heavy atom. The number of nitrogens with zero attached hydrogens (tertiary/aromatic N) is 2. The lowest BCUT2D eigenvalue weighted by Crippen LogP contribution is -2.04. The predicted molar refractivity (Wildman–Crippen MR) is 92.8 cm³/mol. The van der Waals surface area contributed by atoms with Gasteiger partial charge >= 0.3 is 0 Å². The van der Waals surface area contributed by atoms with Crippen LogP contribution in [0.25, 0.3) is 10.2 Å². The lowest BCUT2D eigenvalue weighted by atomic mass is 9.97. The minimum absolute atomic E-state index is 0.744. The van der Waals surface area contributed by atoms with E-state index in [4.69, 9.17) is 11.6 Å². The van der Waals surface area contributed by atoms with E-state index in [2.05, 4.69) is 15.3 Å². The number of hydrogen-bond acceptors (Lipinski definition) is 4. The number of anilines is 1. The SMILES string of the molecule is Clc1ccc(CNc2ncnc3sc4c(c23)CCCC4)cc1. The number of aryl methyl sites for hydroxylation is 2. The first kappa shape index (κ1) is 14.0. The van der Waals surface area contributed by atoms with Crippen molar-refractivity contribution < 1.29 is 0 Å². The minimum Gasteiger partial charge on any atom is -0.365 e. The summed E-state index contributed by atoms with van der Waals surface area (Å²) in [5.74, 6) is 0.958. The largest absolute Gasteiger partial charge is 0.365 e. The van der Waals surface area contributed by atoms with Crippen LogP contribution in [0.3, 0.4) is 0 Å². The summed E-state index contributed by atoms with van der Waals surface area (Å²) in [5, 5.41) is 5.47. The lowest BCUT2D eigenvalue weighted by molar-refractivity contribution is 0.700. The molecule has 3 aromatic rings. The molecule has 0 fully saturated rings. The molecule has 3 nitrogen and oxygen atoms in total. The van der Waals surface area contributed by atoms with Crippen molar-refractivity contribution in [3.63, 3.8) is 0 Å². The Hall–Kier alpha value is -1.65. The Kier molecular flexibility index (Phi) is 3.72. The first-order valence-corrected chi connectivity index (χ1v) is 8.74. The van der Waals surface area contributed by atoms with E-state index >= 15 is 0 Å². The molecule has 0 radical (unpaired) electrons. The molecule has 1 aromatic carbocycles. The monoisotopic (exact) mass is 329 g/mol. The summed E-state index contributed by atoms with van der Waals surface area (Å²) in [6.45, 7) is 0.744. The molecule has 0 bridgehead atoms. The molecule has 2 heterocycles. The number of aromatic nitrogens is 2. The van der Waals surface area contributed by atoms with Gasteiger partial charge in [-0.3, -0.25) is 0 Å². The second kappa shape index (κ2) is 5.86. The summed E-state index contributed by atoms with van der Waals surface area (Å²) in [6.07, 6.45) is 6.56. The van der Waals surface area contributed by atoms with E-state index in [9.17, 15) is 0 Å². The number of thiophene rings is 1. The van der Waals surface area contributed by atoms with Gasteiger partial charge in [-0.15, -0.1) is 11.3 Å². The number of halogens is 1. The van der Waals surface area contributed by atoms with Crippen molar-refractivity contribution in [3.05, 3.63) is 51.6 Å². The maximum atomic E-state index is 5.93. The van der Waals surface area contributed by atoms with Crippen molar-refractivity contribution in [1.29, 1.82) is 0 Å². The molecule has 22 heavy (non-hydrogen) atoms. The third-order valence-electron chi connectivity index (χ3n) is 4.12. The maximum Gasteiger partial charge on any atom is 0.138 e. The number of nitrogens with one attached hydrogen (secondary N) is 1. The molecule has 0 saturated heterocycles. The van der Waals surface area contributed by atoms with Gasteiger partial charge in [0.1, 0.15) is 17.0 Å². The van der Waals surface area contributed by atoms with Crippen LogP contribution in [0.1, 0.15) is 28.8 Å². The second-order valence-electron chi connectivity index (χ2n) is 5.59. The zero-order chi connectivity index (χ0) is 14.9. The zero-order valence-electron chi connectivity index (χ0n) is 12.1. The summed E-state index contributed by atoms with van der Waals surface area (Å²) in [6, 6.07) is 7.91. The highest BCUT2D eigenvalue weighted by molar-refractivity contribution is 7.19. The van der Waals surface area contributed by atoms with Crippen LogP contribution < -0.4 is 5.32 Å². The quantitative estimate of drug-likeness (QED) is 0.747. The standard InChI is InChI=1S/C17H16ClN3S/c18-12-7-5-11(6-8-12)9-19-16-15-13-3-1-2-4-14(13)22-17(15)21-10-20-16/h5-8,10H,1-4,9H2,(H,19,20,21). The topological polar surface area (TPSA) is 37.8 Å². The fourth-order valence-corrected chi connectivity index (χ4v) is 4.37. The highest BCUT2D eigenvalue weighted by Gasteiger charge is 2.19. The Morgan fingerprint density at radius 2 is 1.91 bits per heavy atom. The zero-order valence-corrected chi connectivity index (χ0v) is 13.7. The molecule has 1 aliphatic carbocycles.